The number of carbonyl (C=O) groups is 1. The van der Waals surface area contributed by atoms with E-state index < -0.39 is 5.97 Å². The van der Waals surface area contributed by atoms with Gasteiger partial charge in [-0.3, -0.25) is 0 Å². The molecule has 4 rings (SSSR count). The second-order valence-corrected chi connectivity index (χ2v) is 7.70. The molecule has 0 aliphatic rings. The number of carboxylic acid groups (broad SMARTS) is 1. The number of nitrogens with zero attached hydrogens (tertiary/aromatic N) is 5. The number of pyridine rings is 1. The summed E-state index contributed by atoms with van der Waals surface area (Å²) >= 11 is 2.58. The van der Waals surface area contributed by atoms with E-state index in [-0.39, 0.29) is 11.6 Å². The molecule has 0 radical (unpaired) electrons. The first-order valence-corrected chi connectivity index (χ1v) is 9.76. The van der Waals surface area contributed by atoms with Crippen LogP contribution in [0.1, 0.15) is 20.5 Å². The molecule has 4 aromatic heterocycles. The van der Waals surface area contributed by atoms with Crippen LogP contribution in [0.3, 0.4) is 0 Å². The topological polar surface area (TPSA) is 111 Å². The summed E-state index contributed by atoms with van der Waals surface area (Å²) in [6.07, 6.45) is 4.76. The Morgan fingerprint density at radius 1 is 1.07 bits per heavy atom. The number of hydrogen-bond donors (Lipinski definition) is 1. The SMILES string of the molecule is Cc1nc(COc2ncccn2)sc1-c1cccc(-c2cnc(C(=O)O)s2)n1. The fourth-order valence-corrected chi connectivity index (χ4v) is 4.10. The quantitative estimate of drug-likeness (QED) is 0.511. The molecular formula is C18H13N5O3S2. The zero-order valence-electron chi connectivity index (χ0n) is 14.6. The van der Waals surface area contributed by atoms with Crippen molar-refractivity contribution < 1.29 is 14.6 Å². The minimum absolute atomic E-state index is 0.0405. The van der Waals surface area contributed by atoms with Crippen LogP contribution in [0.2, 0.25) is 0 Å². The Morgan fingerprint density at radius 2 is 1.86 bits per heavy atom. The maximum atomic E-state index is 11.0. The zero-order valence-corrected chi connectivity index (χ0v) is 16.2. The molecule has 1 N–H and O–H groups in total. The Hall–Kier alpha value is -3.24. The van der Waals surface area contributed by atoms with Gasteiger partial charge in [-0.1, -0.05) is 6.07 Å². The predicted molar refractivity (Wildman–Crippen MR) is 105 cm³/mol. The van der Waals surface area contributed by atoms with Crippen LogP contribution in [0, 0.1) is 6.92 Å². The van der Waals surface area contributed by atoms with Crippen molar-refractivity contribution >= 4 is 28.6 Å². The second-order valence-electron chi connectivity index (χ2n) is 5.59. The Morgan fingerprint density at radius 3 is 2.61 bits per heavy atom. The van der Waals surface area contributed by atoms with Crippen LogP contribution in [-0.4, -0.2) is 36.0 Å². The summed E-state index contributed by atoms with van der Waals surface area (Å²) < 4.78 is 5.56. The van der Waals surface area contributed by atoms with E-state index in [1.807, 2.05) is 25.1 Å². The van der Waals surface area contributed by atoms with E-state index in [2.05, 4.69) is 24.9 Å². The molecule has 0 amide bonds. The van der Waals surface area contributed by atoms with Gasteiger partial charge in [0.2, 0.25) is 5.01 Å². The third-order valence-electron chi connectivity index (χ3n) is 3.63. The molecule has 0 unspecified atom stereocenters. The summed E-state index contributed by atoms with van der Waals surface area (Å²) in [4.78, 5) is 33.8. The summed E-state index contributed by atoms with van der Waals surface area (Å²) in [7, 11) is 0. The highest BCUT2D eigenvalue weighted by atomic mass is 32.1. The molecule has 8 nitrogen and oxygen atoms in total. The molecule has 28 heavy (non-hydrogen) atoms. The van der Waals surface area contributed by atoms with Gasteiger partial charge in [-0.25, -0.2) is 29.7 Å². The summed E-state index contributed by atoms with van der Waals surface area (Å²) in [5.74, 6) is -1.04. The molecule has 0 aromatic carbocycles. The van der Waals surface area contributed by atoms with Gasteiger partial charge in [0.25, 0.3) is 0 Å². The van der Waals surface area contributed by atoms with Crippen LogP contribution in [0.4, 0.5) is 0 Å². The summed E-state index contributed by atoms with van der Waals surface area (Å²) in [5.41, 5.74) is 2.28. The smallest absolute Gasteiger partial charge is 0.365 e. The summed E-state index contributed by atoms with van der Waals surface area (Å²) in [6.45, 7) is 2.18. The molecular weight excluding hydrogens is 398 g/mol. The van der Waals surface area contributed by atoms with Crippen LogP contribution < -0.4 is 4.74 Å². The van der Waals surface area contributed by atoms with E-state index in [4.69, 9.17) is 9.84 Å². The van der Waals surface area contributed by atoms with Crippen LogP contribution in [0.5, 0.6) is 6.01 Å². The maximum Gasteiger partial charge on any atom is 0.365 e. The summed E-state index contributed by atoms with van der Waals surface area (Å²) in [5, 5.41) is 9.88. The van der Waals surface area contributed by atoms with Crippen LogP contribution in [0.25, 0.3) is 21.1 Å². The van der Waals surface area contributed by atoms with Gasteiger partial charge in [0.15, 0.2) is 0 Å². The Kier molecular flexibility index (Phi) is 5.04. The number of aromatic nitrogens is 5. The van der Waals surface area contributed by atoms with Crippen molar-refractivity contribution in [2.24, 2.45) is 0 Å². The first-order chi connectivity index (χ1) is 13.6. The van der Waals surface area contributed by atoms with Crippen molar-refractivity contribution in [2.45, 2.75) is 13.5 Å². The number of ether oxygens (including phenoxy) is 1. The molecule has 10 heteroatoms. The van der Waals surface area contributed by atoms with E-state index in [0.29, 0.717) is 16.6 Å². The normalized spacial score (nSPS) is 10.8. The number of thiazole rings is 2. The van der Waals surface area contributed by atoms with Gasteiger partial charge in [0.05, 0.1) is 26.8 Å². The maximum absolute atomic E-state index is 11.0. The lowest BCUT2D eigenvalue weighted by Gasteiger charge is -2.01. The highest BCUT2D eigenvalue weighted by molar-refractivity contribution is 7.16. The van der Waals surface area contributed by atoms with Gasteiger partial charge in [0.1, 0.15) is 11.6 Å². The fourth-order valence-electron chi connectivity index (χ4n) is 2.43. The van der Waals surface area contributed by atoms with Crippen molar-refractivity contribution in [2.75, 3.05) is 0 Å². The monoisotopic (exact) mass is 411 g/mol. The number of rotatable bonds is 6. The molecule has 0 fully saturated rings. The van der Waals surface area contributed by atoms with Gasteiger partial charge >= 0.3 is 12.0 Å². The largest absolute Gasteiger partial charge is 0.476 e. The molecule has 0 saturated carbocycles. The third-order valence-corrected chi connectivity index (χ3v) is 5.79. The minimum Gasteiger partial charge on any atom is -0.476 e. The lowest BCUT2D eigenvalue weighted by Crippen LogP contribution is -1.98. The molecule has 0 bridgehead atoms. The van der Waals surface area contributed by atoms with Crippen molar-refractivity contribution in [3.63, 3.8) is 0 Å². The number of carboxylic acids is 1. The van der Waals surface area contributed by atoms with Crippen molar-refractivity contribution in [1.82, 2.24) is 24.9 Å². The molecule has 4 heterocycles. The lowest BCUT2D eigenvalue weighted by atomic mass is 10.2. The average Bonchev–Trinajstić information content (AvgIpc) is 3.34. The van der Waals surface area contributed by atoms with Gasteiger partial charge in [-0.15, -0.1) is 22.7 Å². The highest BCUT2D eigenvalue weighted by Crippen LogP contribution is 2.32. The van der Waals surface area contributed by atoms with Gasteiger partial charge in [-0.2, -0.15) is 0 Å². The number of aryl methyl sites for hydroxylation is 1. The Balaban J connectivity index is 1.57. The summed E-state index contributed by atoms with van der Waals surface area (Å²) in [6, 6.07) is 7.63. The molecule has 0 aliphatic heterocycles. The Bertz CT molecular complexity index is 1130. The van der Waals surface area contributed by atoms with Crippen molar-refractivity contribution in [3.8, 4) is 27.2 Å². The number of hydrogen-bond acceptors (Lipinski definition) is 9. The van der Waals surface area contributed by atoms with E-state index in [0.717, 1.165) is 32.6 Å². The average molecular weight is 411 g/mol. The molecule has 0 aliphatic carbocycles. The first kappa shape index (κ1) is 18.1. The zero-order chi connectivity index (χ0) is 19.5. The van der Waals surface area contributed by atoms with E-state index in [1.165, 1.54) is 17.5 Å². The van der Waals surface area contributed by atoms with Crippen LogP contribution in [-0.2, 0) is 6.61 Å². The second kappa shape index (κ2) is 7.79. The van der Waals surface area contributed by atoms with Crippen LogP contribution >= 0.6 is 22.7 Å². The fraction of sp³-hybridized carbons (Fsp3) is 0.111. The van der Waals surface area contributed by atoms with Crippen molar-refractivity contribution in [3.05, 3.63) is 58.6 Å². The van der Waals surface area contributed by atoms with Gasteiger partial charge < -0.3 is 9.84 Å². The van der Waals surface area contributed by atoms with E-state index in [9.17, 15) is 4.79 Å². The number of aromatic carboxylic acids is 1. The van der Waals surface area contributed by atoms with Crippen LogP contribution in [0.15, 0.2) is 42.9 Å². The van der Waals surface area contributed by atoms with E-state index in [1.54, 1.807) is 18.5 Å². The first-order valence-electron chi connectivity index (χ1n) is 8.13. The highest BCUT2D eigenvalue weighted by Gasteiger charge is 2.15. The molecule has 0 spiro atoms. The Labute approximate surface area is 167 Å². The van der Waals surface area contributed by atoms with Gasteiger partial charge in [0, 0.05) is 18.6 Å². The van der Waals surface area contributed by atoms with E-state index >= 15 is 0 Å². The minimum atomic E-state index is -1.04. The van der Waals surface area contributed by atoms with Crippen molar-refractivity contribution in [1.29, 1.82) is 0 Å². The lowest BCUT2D eigenvalue weighted by molar-refractivity contribution is 0.0696. The molecule has 0 atom stereocenters. The predicted octanol–water partition coefficient (Wildman–Crippen LogP) is 3.70. The molecule has 4 aromatic rings. The molecule has 140 valence electrons. The molecule has 0 saturated heterocycles. The van der Waals surface area contributed by atoms with Gasteiger partial charge in [-0.05, 0) is 25.1 Å². The third kappa shape index (κ3) is 3.87. The standard InChI is InChI=1S/C18H13N5O3S2/c1-10-15(28-14(22-10)9-26-18-19-6-3-7-20-18)12-5-2-4-11(23-12)13-8-21-16(27-13)17(24)25/h2-8H,9H2,1H3,(H,24,25).